The molecule has 0 aromatic carbocycles. The molecule has 6 nitrogen and oxygen atoms in total. The SMILES string of the molecule is C=CC(=O)OCC(C)(COC(=O)C=C)NC(=O)C(C)C. The maximum atomic E-state index is 11.8. The second-order valence-electron chi connectivity index (χ2n) is 4.83. The topological polar surface area (TPSA) is 81.7 Å². The maximum Gasteiger partial charge on any atom is 0.330 e. The van der Waals surface area contributed by atoms with Gasteiger partial charge in [-0.2, -0.15) is 0 Å². The molecular formula is C14H21NO5. The maximum absolute atomic E-state index is 11.8. The van der Waals surface area contributed by atoms with E-state index in [9.17, 15) is 14.4 Å². The number of carbonyl (C=O) groups is 3. The van der Waals surface area contributed by atoms with E-state index in [1.807, 2.05) is 0 Å². The first kappa shape index (κ1) is 17.9. The van der Waals surface area contributed by atoms with E-state index >= 15 is 0 Å². The van der Waals surface area contributed by atoms with Crippen LogP contribution in [-0.4, -0.2) is 36.6 Å². The molecule has 0 aromatic heterocycles. The van der Waals surface area contributed by atoms with Crippen LogP contribution in [0.3, 0.4) is 0 Å². The first-order valence-corrected chi connectivity index (χ1v) is 6.14. The molecule has 0 atom stereocenters. The minimum atomic E-state index is -1.02. The Bertz CT molecular complexity index is 376. The number of hydrogen-bond donors (Lipinski definition) is 1. The second kappa shape index (κ2) is 8.14. The summed E-state index contributed by atoms with van der Waals surface area (Å²) in [6.45, 7) is 11.3. The first-order chi connectivity index (χ1) is 9.24. The average Bonchev–Trinajstić information content (AvgIpc) is 2.42. The minimum absolute atomic E-state index is 0.138. The Labute approximate surface area is 118 Å². The van der Waals surface area contributed by atoms with Gasteiger partial charge in [0.05, 0.1) is 0 Å². The molecule has 1 amide bonds. The lowest BCUT2D eigenvalue weighted by Gasteiger charge is -2.30. The van der Waals surface area contributed by atoms with E-state index < -0.39 is 17.5 Å². The fourth-order valence-corrected chi connectivity index (χ4v) is 1.13. The molecule has 0 fully saturated rings. The van der Waals surface area contributed by atoms with E-state index in [0.29, 0.717) is 0 Å². The van der Waals surface area contributed by atoms with Crippen LogP contribution in [0.15, 0.2) is 25.3 Å². The quantitative estimate of drug-likeness (QED) is 0.530. The van der Waals surface area contributed by atoms with Crippen molar-refractivity contribution in [2.75, 3.05) is 13.2 Å². The molecule has 0 aliphatic rings. The van der Waals surface area contributed by atoms with Crippen molar-refractivity contribution < 1.29 is 23.9 Å². The molecule has 20 heavy (non-hydrogen) atoms. The van der Waals surface area contributed by atoms with Crippen LogP contribution in [0.1, 0.15) is 20.8 Å². The molecule has 0 aliphatic heterocycles. The molecule has 6 heteroatoms. The molecule has 0 rings (SSSR count). The predicted molar refractivity (Wildman–Crippen MR) is 73.7 cm³/mol. The minimum Gasteiger partial charge on any atom is -0.460 e. The number of ether oxygens (including phenoxy) is 2. The summed E-state index contributed by atoms with van der Waals surface area (Å²) >= 11 is 0. The van der Waals surface area contributed by atoms with Gasteiger partial charge in [0.25, 0.3) is 0 Å². The largest absolute Gasteiger partial charge is 0.460 e. The van der Waals surface area contributed by atoms with Gasteiger partial charge in [-0.1, -0.05) is 27.0 Å². The molecule has 112 valence electrons. The molecule has 0 saturated carbocycles. The first-order valence-electron chi connectivity index (χ1n) is 6.14. The third kappa shape index (κ3) is 6.72. The Morgan fingerprint density at radius 1 is 1.10 bits per heavy atom. The van der Waals surface area contributed by atoms with Gasteiger partial charge in [0.1, 0.15) is 18.8 Å². The standard InChI is InChI=1S/C14H21NO5/c1-6-11(16)19-8-14(5,9-20-12(17)7-2)15-13(18)10(3)4/h6-7,10H,1-2,8-9H2,3-5H3,(H,15,18). The van der Waals surface area contributed by atoms with Crippen LogP contribution in [0.25, 0.3) is 0 Å². The summed E-state index contributed by atoms with van der Waals surface area (Å²) in [5.74, 6) is -1.73. The van der Waals surface area contributed by atoms with Crippen molar-refractivity contribution in [1.82, 2.24) is 5.32 Å². The Hall–Kier alpha value is -2.11. The zero-order valence-corrected chi connectivity index (χ0v) is 12.1. The third-order valence-corrected chi connectivity index (χ3v) is 2.35. The Kier molecular flexibility index (Phi) is 7.28. The van der Waals surface area contributed by atoms with E-state index in [1.54, 1.807) is 20.8 Å². The zero-order chi connectivity index (χ0) is 15.8. The van der Waals surface area contributed by atoms with Crippen LogP contribution in [-0.2, 0) is 23.9 Å². The highest BCUT2D eigenvalue weighted by atomic mass is 16.5. The van der Waals surface area contributed by atoms with Crippen LogP contribution in [0, 0.1) is 5.92 Å². The number of esters is 2. The second-order valence-corrected chi connectivity index (χ2v) is 4.83. The lowest BCUT2D eigenvalue weighted by atomic mass is 10.0. The van der Waals surface area contributed by atoms with Crippen LogP contribution < -0.4 is 5.32 Å². The summed E-state index contributed by atoms with van der Waals surface area (Å²) in [6, 6.07) is 0. The van der Waals surface area contributed by atoms with Gasteiger partial charge in [-0.05, 0) is 6.92 Å². The van der Waals surface area contributed by atoms with Crippen LogP contribution >= 0.6 is 0 Å². The summed E-state index contributed by atoms with van der Waals surface area (Å²) < 4.78 is 9.83. The highest BCUT2D eigenvalue weighted by molar-refractivity contribution is 5.82. The lowest BCUT2D eigenvalue weighted by Crippen LogP contribution is -2.54. The molecule has 0 saturated heterocycles. The van der Waals surface area contributed by atoms with Crippen molar-refractivity contribution in [1.29, 1.82) is 0 Å². The highest BCUT2D eigenvalue weighted by Gasteiger charge is 2.30. The molecular weight excluding hydrogens is 262 g/mol. The van der Waals surface area contributed by atoms with Gasteiger partial charge in [0.2, 0.25) is 5.91 Å². The van der Waals surface area contributed by atoms with Crippen molar-refractivity contribution >= 4 is 17.8 Å². The number of nitrogens with one attached hydrogen (secondary N) is 1. The van der Waals surface area contributed by atoms with Crippen molar-refractivity contribution in [3.05, 3.63) is 25.3 Å². The Morgan fingerprint density at radius 2 is 1.50 bits per heavy atom. The summed E-state index contributed by atoms with van der Waals surface area (Å²) in [7, 11) is 0. The van der Waals surface area contributed by atoms with Gasteiger partial charge in [-0.3, -0.25) is 4.79 Å². The van der Waals surface area contributed by atoms with Crippen molar-refractivity contribution in [3.63, 3.8) is 0 Å². The molecule has 0 radical (unpaired) electrons. The van der Waals surface area contributed by atoms with Gasteiger partial charge in [-0.15, -0.1) is 0 Å². The molecule has 0 unspecified atom stereocenters. The van der Waals surface area contributed by atoms with Crippen LogP contribution in [0.5, 0.6) is 0 Å². The summed E-state index contributed by atoms with van der Waals surface area (Å²) in [6.07, 6.45) is 2.03. The van der Waals surface area contributed by atoms with E-state index in [2.05, 4.69) is 18.5 Å². The van der Waals surface area contributed by atoms with Gasteiger partial charge in [0, 0.05) is 18.1 Å². The number of amides is 1. The summed E-state index contributed by atoms with van der Waals surface area (Å²) in [5.41, 5.74) is -1.02. The van der Waals surface area contributed by atoms with E-state index in [4.69, 9.17) is 9.47 Å². The van der Waals surface area contributed by atoms with E-state index in [0.717, 1.165) is 12.2 Å². The average molecular weight is 283 g/mol. The van der Waals surface area contributed by atoms with E-state index in [-0.39, 0.29) is 25.0 Å². The highest BCUT2D eigenvalue weighted by Crippen LogP contribution is 2.09. The van der Waals surface area contributed by atoms with Gasteiger partial charge >= 0.3 is 11.9 Å². The summed E-state index contributed by atoms with van der Waals surface area (Å²) in [5, 5.41) is 2.69. The number of rotatable bonds is 8. The fraction of sp³-hybridized carbons (Fsp3) is 0.500. The molecule has 0 aromatic rings. The lowest BCUT2D eigenvalue weighted by molar-refractivity contribution is -0.147. The summed E-state index contributed by atoms with van der Waals surface area (Å²) in [4.78, 5) is 33.9. The van der Waals surface area contributed by atoms with Gasteiger partial charge in [0.15, 0.2) is 0 Å². The third-order valence-electron chi connectivity index (χ3n) is 2.35. The van der Waals surface area contributed by atoms with Crippen molar-refractivity contribution in [2.24, 2.45) is 5.92 Å². The van der Waals surface area contributed by atoms with Gasteiger partial charge in [-0.25, -0.2) is 9.59 Å². The number of hydrogen-bond acceptors (Lipinski definition) is 5. The monoisotopic (exact) mass is 283 g/mol. The normalized spacial score (nSPS) is 10.6. The van der Waals surface area contributed by atoms with Crippen molar-refractivity contribution in [3.8, 4) is 0 Å². The fourth-order valence-electron chi connectivity index (χ4n) is 1.13. The molecule has 0 bridgehead atoms. The molecule has 1 N–H and O–H groups in total. The zero-order valence-electron chi connectivity index (χ0n) is 12.1. The molecule has 0 aliphatic carbocycles. The van der Waals surface area contributed by atoms with Gasteiger partial charge < -0.3 is 14.8 Å². The number of carbonyl (C=O) groups excluding carboxylic acids is 3. The van der Waals surface area contributed by atoms with Crippen molar-refractivity contribution in [2.45, 2.75) is 26.3 Å². The Balaban J connectivity index is 4.76. The molecule has 0 heterocycles. The Morgan fingerprint density at radius 3 is 1.80 bits per heavy atom. The van der Waals surface area contributed by atoms with E-state index in [1.165, 1.54) is 0 Å². The van der Waals surface area contributed by atoms with Crippen LogP contribution in [0.2, 0.25) is 0 Å². The van der Waals surface area contributed by atoms with Crippen LogP contribution in [0.4, 0.5) is 0 Å². The molecule has 0 spiro atoms. The smallest absolute Gasteiger partial charge is 0.330 e. The predicted octanol–water partition coefficient (Wildman–Crippen LogP) is 0.976.